The summed E-state index contributed by atoms with van der Waals surface area (Å²) in [5.74, 6) is -3.36. The predicted molar refractivity (Wildman–Crippen MR) is 55.1 cm³/mol. The van der Waals surface area contributed by atoms with E-state index in [-0.39, 0.29) is 11.4 Å². The normalized spacial score (nSPS) is 16.0. The lowest BCUT2D eigenvalue weighted by Gasteiger charge is -2.28. The number of H-pyrrole nitrogens is 1. The summed E-state index contributed by atoms with van der Waals surface area (Å²) in [5, 5.41) is 19.7. The molecule has 3 N–H and O–H groups in total. The molecule has 2 atom stereocenters. The number of carbonyl (C=O) groups excluding carboxylic acids is 2. The SMILES string of the molecule is COC(=O)C(O)C(O)(OC)c1ccc(C=O)[nH]1. The molecule has 2 unspecified atom stereocenters. The molecular formula is C10H13NO6. The molecule has 17 heavy (non-hydrogen) atoms. The molecule has 1 heterocycles. The maximum absolute atomic E-state index is 11.2. The van der Waals surface area contributed by atoms with Crippen LogP contribution in [-0.4, -0.2) is 47.8 Å². The molecule has 0 aliphatic rings. The van der Waals surface area contributed by atoms with Crippen molar-refractivity contribution in [1.29, 1.82) is 0 Å². The van der Waals surface area contributed by atoms with Crippen molar-refractivity contribution < 1.29 is 29.3 Å². The largest absolute Gasteiger partial charge is 0.467 e. The number of ether oxygens (including phenoxy) is 2. The Labute approximate surface area is 97.0 Å². The molecule has 0 radical (unpaired) electrons. The fraction of sp³-hybridized carbons (Fsp3) is 0.400. The number of aliphatic hydroxyl groups excluding tert-OH is 1. The van der Waals surface area contributed by atoms with Crippen LogP contribution in [0.5, 0.6) is 0 Å². The molecule has 0 aromatic carbocycles. The van der Waals surface area contributed by atoms with Crippen LogP contribution in [0.2, 0.25) is 0 Å². The summed E-state index contributed by atoms with van der Waals surface area (Å²) >= 11 is 0. The smallest absolute Gasteiger partial charge is 0.340 e. The molecule has 1 rings (SSSR count). The van der Waals surface area contributed by atoms with Gasteiger partial charge in [0.05, 0.1) is 18.5 Å². The average molecular weight is 243 g/mol. The van der Waals surface area contributed by atoms with Gasteiger partial charge in [0.1, 0.15) is 0 Å². The number of aromatic nitrogens is 1. The first kappa shape index (κ1) is 13.4. The fourth-order valence-electron chi connectivity index (χ4n) is 1.33. The van der Waals surface area contributed by atoms with E-state index in [1.54, 1.807) is 0 Å². The minimum atomic E-state index is -2.30. The summed E-state index contributed by atoms with van der Waals surface area (Å²) in [6.45, 7) is 0. The first-order valence-electron chi connectivity index (χ1n) is 4.67. The Morgan fingerprint density at radius 1 is 1.53 bits per heavy atom. The average Bonchev–Trinajstić information content (AvgIpc) is 2.85. The van der Waals surface area contributed by atoms with E-state index in [1.165, 1.54) is 12.1 Å². The number of aliphatic hydroxyl groups is 2. The second-order valence-electron chi connectivity index (χ2n) is 3.27. The van der Waals surface area contributed by atoms with Crippen molar-refractivity contribution in [2.75, 3.05) is 14.2 Å². The fourth-order valence-corrected chi connectivity index (χ4v) is 1.33. The van der Waals surface area contributed by atoms with Crippen LogP contribution in [0.3, 0.4) is 0 Å². The van der Waals surface area contributed by atoms with Crippen molar-refractivity contribution in [2.24, 2.45) is 0 Å². The Hall–Kier alpha value is -1.70. The van der Waals surface area contributed by atoms with E-state index in [4.69, 9.17) is 4.74 Å². The number of nitrogens with one attached hydrogen (secondary N) is 1. The zero-order valence-electron chi connectivity index (χ0n) is 9.34. The Morgan fingerprint density at radius 3 is 2.59 bits per heavy atom. The monoisotopic (exact) mass is 243 g/mol. The van der Waals surface area contributed by atoms with E-state index in [2.05, 4.69) is 9.72 Å². The van der Waals surface area contributed by atoms with Crippen LogP contribution in [0.1, 0.15) is 16.2 Å². The summed E-state index contributed by atoms with van der Waals surface area (Å²) in [5.41, 5.74) is 0.146. The van der Waals surface area contributed by atoms with Gasteiger partial charge in [0.25, 0.3) is 0 Å². The zero-order chi connectivity index (χ0) is 13.1. The Kier molecular flexibility index (Phi) is 4.00. The molecule has 0 spiro atoms. The van der Waals surface area contributed by atoms with Crippen molar-refractivity contribution in [3.05, 3.63) is 23.5 Å². The number of carbonyl (C=O) groups is 2. The molecule has 0 fully saturated rings. The van der Waals surface area contributed by atoms with Crippen LogP contribution in [0, 0.1) is 0 Å². The molecular weight excluding hydrogens is 230 g/mol. The molecule has 1 aromatic rings. The van der Waals surface area contributed by atoms with Crippen molar-refractivity contribution >= 4 is 12.3 Å². The lowest BCUT2D eigenvalue weighted by Crippen LogP contribution is -2.47. The Bertz CT molecular complexity index is 415. The van der Waals surface area contributed by atoms with E-state index in [0.717, 1.165) is 14.2 Å². The lowest BCUT2D eigenvalue weighted by atomic mass is 10.1. The van der Waals surface area contributed by atoms with Gasteiger partial charge >= 0.3 is 5.97 Å². The maximum atomic E-state index is 11.2. The molecule has 0 saturated heterocycles. The van der Waals surface area contributed by atoms with Gasteiger partial charge in [-0.1, -0.05) is 0 Å². The minimum absolute atomic E-state index is 0.0278. The first-order chi connectivity index (χ1) is 7.99. The number of aromatic amines is 1. The number of hydrogen-bond donors (Lipinski definition) is 3. The van der Waals surface area contributed by atoms with Gasteiger partial charge in [0.15, 0.2) is 6.29 Å². The third kappa shape index (κ3) is 2.36. The van der Waals surface area contributed by atoms with Crippen LogP contribution in [-0.2, 0) is 20.1 Å². The summed E-state index contributed by atoms with van der Waals surface area (Å²) in [6.07, 6.45) is -1.42. The molecule has 94 valence electrons. The molecule has 1 aromatic heterocycles. The second-order valence-corrected chi connectivity index (χ2v) is 3.27. The first-order valence-corrected chi connectivity index (χ1v) is 4.67. The highest BCUT2D eigenvalue weighted by molar-refractivity contribution is 5.76. The van der Waals surface area contributed by atoms with E-state index in [1.807, 2.05) is 0 Å². The van der Waals surface area contributed by atoms with Gasteiger partial charge in [-0.25, -0.2) is 4.79 Å². The van der Waals surface area contributed by atoms with Gasteiger partial charge in [0.2, 0.25) is 11.9 Å². The second kappa shape index (κ2) is 5.09. The number of hydrogen-bond acceptors (Lipinski definition) is 6. The molecule has 7 heteroatoms. The topological polar surface area (TPSA) is 109 Å². The van der Waals surface area contributed by atoms with E-state index >= 15 is 0 Å². The number of rotatable bonds is 5. The zero-order valence-corrected chi connectivity index (χ0v) is 9.34. The van der Waals surface area contributed by atoms with Crippen LogP contribution in [0.4, 0.5) is 0 Å². The highest BCUT2D eigenvalue weighted by Gasteiger charge is 2.44. The number of methoxy groups -OCH3 is 2. The predicted octanol–water partition coefficient (Wildman–Crippen LogP) is -0.847. The maximum Gasteiger partial charge on any atom is 0.340 e. The van der Waals surface area contributed by atoms with E-state index in [9.17, 15) is 19.8 Å². The van der Waals surface area contributed by atoms with E-state index < -0.39 is 17.9 Å². The molecule has 0 amide bonds. The summed E-state index contributed by atoms with van der Waals surface area (Å²) in [4.78, 5) is 24.2. The Balaban J connectivity index is 3.10. The highest BCUT2D eigenvalue weighted by Crippen LogP contribution is 2.26. The minimum Gasteiger partial charge on any atom is -0.467 e. The van der Waals surface area contributed by atoms with Crippen molar-refractivity contribution in [3.8, 4) is 0 Å². The van der Waals surface area contributed by atoms with Crippen LogP contribution < -0.4 is 0 Å². The molecule has 0 aliphatic carbocycles. The standard InChI is InChI=1S/C10H13NO6/c1-16-9(14)8(13)10(15,17-2)7-4-3-6(5-12)11-7/h3-5,8,11,13,15H,1-2H3. The molecule has 0 bridgehead atoms. The van der Waals surface area contributed by atoms with Crippen molar-refractivity contribution in [3.63, 3.8) is 0 Å². The number of esters is 1. The highest BCUT2D eigenvalue weighted by atomic mass is 16.6. The summed E-state index contributed by atoms with van der Waals surface area (Å²) < 4.78 is 9.03. The van der Waals surface area contributed by atoms with Gasteiger partial charge in [-0.3, -0.25) is 4.79 Å². The van der Waals surface area contributed by atoms with E-state index in [0.29, 0.717) is 6.29 Å². The van der Waals surface area contributed by atoms with Gasteiger partial charge < -0.3 is 24.7 Å². The molecule has 0 saturated carbocycles. The van der Waals surface area contributed by atoms with Crippen LogP contribution in [0.25, 0.3) is 0 Å². The third-order valence-corrected chi connectivity index (χ3v) is 2.33. The van der Waals surface area contributed by atoms with Gasteiger partial charge in [-0.15, -0.1) is 0 Å². The number of aldehydes is 1. The van der Waals surface area contributed by atoms with Crippen molar-refractivity contribution in [2.45, 2.75) is 11.9 Å². The third-order valence-electron chi connectivity index (χ3n) is 2.33. The van der Waals surface area contributed by atoms with Crippen molar-refractivity contribution in [1.82, 2.24) is 4.98 Å². The lowest BCUT2D eigenvalue weighted by molar-refractivity contribution is -0.256. The quantitative estimate of drug-likeness (QED) is 0.353. The van der Waals surface area contributed by atoms with Gasteiger partial charge in [0, 0.05) is 7.11 Å². The summed E-state index contributed by atoms with van der Waals surface area (Å²) in [7, 11) is 2.17. The Morgan fingerprint density at radius 2 is 2.18 bits per heavy atom. The van der Waals surface area contributed by atoms with Gasteiger partial charge in [-0.05, 0) is 12.1 Å². The summed E-state index contributed by atoms with van der Waals surface area (Å²) in [6, 6.07) is 2.69. The molecule has 7 nitrogen and oxygen atoms in total. The van der Waals surface area contributed by atoms with Gasteiger partial charge in [-0.2, -0.15) is 0 Å². The molecule has 0 aliphatic heterocycles. The van der Waals surface area contributed by atoms with Crippen LogP contribution in [0.15, 0.2) is 12.1 Å². The van der Waals surface area contributed by atoms with Crippen LogP contribution >= 0.6 is 0 Å².